The molecular formula is C17H18P2. The van der Waals surface area contributed by atoms with E-state index in [1.165, 1.54) is 16.5 Å². The third-order valence-electron chi connectivity index (χ3n) is 3.75. The van der Waals surface area contributed by atoms with E-state index in [2.05, 4.69) is 74.5 Å². The van der Waals surface area contributed by atoms with E-state index >= 15 is 0 Å². The van der Waals surface area contributed by atoms with Gasteiger partial charge in [0, 0.05) is 5.90 Å². The number of allylic oxidation sites excluding steroid dienone is 2. The van der Waals surface area contributed by atoms with Crippen LogP contribution in [0, 0.1) is 0 Å². The number of rotatable bonds is 2. The minimum atomic E-state index is -0.0953. The van der Waals surface area contributed by atoms with Gasteiger partial charge in [0.2, 0.25) is 0 Å². The molecule has 0 saturated carbocycles. The van der Waals surface area contributed by atoms with E-state index in [-0.39, 0.29) is 15.8 Å². The van der Waals surface area contributed by atoms with Crippen LogP contribution in [0.2, 0.25) is 0 Å². The quantitative estimate of drug-likeness (QED) is 0.693. The molecule has 0 N–H and O–H groups in total. The van der Waals surface area contributed by atoms with Crippen molar-refractivity contribution >= 4 is 26.5 Å². The van der Waals surface area contributed by atoms with Crippen LogP contribution in [-0.4, -0.2) is 5.90 Å². The number of benzene rings is 2. The van der Waals surface area contributed by atoms with E-state index in [9.17, 15) is 0 Å². The molecule has 0 nitrogen and oxygen atoms in total. The van der Waals surface area contributed by atoms with Crippen LogP contribution in [0.25, 0.3) is 0 Å². The molecule has 1 heterocycles. The maximum absolute atomic E-state index is 2.35. The van der Waals surface area contributed by atoms with Crippen molar-refractivity contribution in [3.63, 3.8) is 0 Å². The molecule has 1 aliphatic heterocycles. The predicted octanol–water partition coefficient (Wildman–Crippen LogP) is 4.82. The lowest BCUT2D eigenvalue weighted by Gasteiger charge is -2.15. The Morgan fingerprint density at radius 2 is 1.00 bits per heavy atom. The molecule has 0 aromatic heterocycles. The summed E-state index contributed by atoms with van der Waals surface area (Å²) in [7, 11) is -0.191. The second-order valence-corrected chi connectivity index (χ2v) is 10.1. The molecule has 2 aromatic carbocycles. The molecule has 96 valence electrons. The Labute approximate surface area is 118 Å². The Bertz CT molecular complexity index is 534. The molecule has 0 bridgehead atoms. The molecule has 2 aromatic rings. The van der Waals surface area contributed by atoms with Crippen LogP contribution in [0.3, 0.4) is 0 Å². The highest BCUT2D eigenvalue weighted by atomic mass is 31.2. The fourth-order valence-electron chi connectivity index (χ4n) is 2.51. The summed E-state index contributed by atoms with van der Waals surface area (Å²) in [5.41, 5.74) is 0. The minimum Gasteiger partial charge on any atom is -0.0622 e. The first-order valence-electron chi connectivity index (χ1n) is 6.60. The maximum atomic E-state index is 2.35. The zero-order chi connectivity index (χ0) is 13.2. The summed E-state index contributed by atoms with van der Waals surface area (Å²) in [4.78, 5) is 0. The number of hydrogen-bond donors (Lipinski definition) is 0. The Kier molecular flexibility index (Phi) is 3.83. The van der Waals surface area contributed by atoms with E-state index in [4.69, 9.17) is 0 Å². The highest BCUT2D eigenvalue weighted by Crippen LogP contribution is 2.67. The standard InChI is InChI=1S/C17H18P2/c1-14-15(2)19(17-11-7-4-8-12-17)13-18(14)16-9-5-3-6-10-16/h3-12H,13H2,1-2H3. The monoisotopic (exact) mass is 284 g/mol. The van der Waals surface area contributed by atoms with Crippen LogP contribution < -0.4 is 10.6 Å². The molecule has 0 fully saturated rings. The predicted molar refractivity (Wildman–Crippen MR) is 89.2 cm³/mol. The summed E-state index contributed by atoms with van der Waals surface area (Å²) in [6.07, 6.45) is 0. The Morgan fingerprint density at radius 3 is 1.37 bits per heavy atom. The third kappa shape index (κ3) is 2.53. The zero-order valence-corrected chi connectivity index (χ0v) is 13.2. The van der Waals surface area contributed by atoms with Crippen molar-refractivity contribution in [3.8, 4) is 0 Å². The summed E-state index contributed by atoms with van der Waals surface area (Å²) >= 11 is 0. The molecule has 1 aliphatic rings. The SMILES string of the molecule is CC1=C(C)P(c2ccccc2)CP1c1ccccc1. The van der Waals surface area contributed by atoms with E-state index in [1.807, 2.05) is 0 Å². The summed E-state index contributed by atoms with van der Waals surface area (Å²) in [6.45, 7) is 4.69. The van der Waals surface area contributed by atoms with Crippen LogP contribution in [0.15, 0.2) is 71.3 Å². The Balaban J connectivity index is 1.94. The highest BCUT2D eigenvalue weighted by Gasteiger charge is 2.30. The molecule has 0 spiro atoms. The van der Waals surface area contributed by atoms with Crippen molar-refractivity contribution in [2.45, 2.75) is 13.8 Å². The first kappa shape index (κ1) is 13.0. The summed E-state index contributed by atoms with van der Waals surface area (Å²) < 4.78 is 0. The minimum absolute atomic E-state index is 0.0953. The number of hydrogen-bond acceptors (Lipinski definition) is 0. The Morgan fingerprint density at radius 1 is 0.632 bits per heavy atom. The van der Waals surface area contributed by atoms with Crippen molar-refractivity contribution in [2.75, 3.05) is 5.90 Å². The third-order valence-corrected chi connectivity index (χ3v) is 10.3. The van der Waals surface area contributed by atoms with Crippen LogP contribution in [-0.2, 0) is 0 Å². The largest absolute Gasteiger partial charge is 0.0622 e. The lowest BCUT2D eigenvalue weighted by atomic mass is 10.4. The molecule has 0 radical (unpaired) electrons. The van der Waals surface area contributed by atoms with E-state index < -0.39 is 0 Å². The van der Waals surface area contributed by atoms with Gasteiger partial charge in [0.15, 0.2) is 0 Å². The molecule has 0 amide bonds. The fourth-order valence-corrected chi connectivity index (χ4v) is 9.99. The second kappa shape index (κ2) is 5.58. The highest BCUT2D eigenvalue weighted by molar-refractivity contribution is 7.88. The molecule has 19 heavy (non-hydrogen) atoms. The van der Waals surface area contributed by atoms with E-state index in [1.54, 1.807) is 10.6 Å². The van der Waals surface area contributed by atoms with Gasteiger partial charge in [-0.25, -0.2) is 0 Å². The normalized spacial score (nSPS) is 22.8. The first-order chi connectivity index (χ1) is 9.27. The van der Waals surface area contributed by atoms with Crippen molar-refractivity contribution in [1.82, 2.24) is 0 Å². The van der Waals surface area contributed by atoms with Gasteiger partial charge in [-0.2, -0.15) is 0 Å². The lowest BCUT2D eigenvalue weighted by Crippen LogP contribution is -2.03. The Hall–Kier alpha value is -0.960. The van der Waals surface area contributed by atoms with Crippen LogP contribution in [0.1, 0.15) is 13.8 Å². The maximum Gasteiger partial charge on any atom is 0.00345 e. The van der Waals surface area contributed by atoms with Crippen molar-refractivity contribution in [3.05, 3.63) is 71.3 Å². The van der Waals surface area contributed by atoms with Gasteiger partial charge in [0.25, 0.3) is 0 Å². The molecule has 2 heteroatoms. The van der Waals surface area contributed by atoms with Crippen molar-refractivity contribution < 1.29 is 0 Å². The first-order valence-corrected chi connectivity index (χ1v) is 9.65. The van der Waals surface area contributed by atoms with Crippen molar-refractivity contribution in [2.24, 2.45) is 0 Å². The van der Waals surface area contributed by atoms with Gasteiger partial charge in [0.05, 0.1) is 0 Å². The summed E-state index contributed by atoms with van der Waals surface area (Å²) in [6, 6.07) is 22.1. The topological polar surface area (TPSA) is 0 Å². The van der Waals surface area contributed by atoms with Gasteiger partial charge < -0.3 is 0 Å². The molecule has 0 aliphatic carbocycles. The molecule has 2 atom stereocenters. The van der Waals surface area contributed by atoms with Gasteiger partial charge in [0.1, 0.15) is 0 Å². The second-order valence-electron chi connectivity index (χ2n) is 4.84. The van der Waals surface area contributed by atoms with E-state index in [0.29, 0.717) is 0 Å². The van der Waals surface area contributed by atoms with Crippen LogP contribution >= 0.6 is 15.8 Å². The van der Waals surface area contributed by atoms with Crippen LogP contribution in [0.5, 0.6) is 0 Å². The fraction of sp³-hybridized carbons (Fsp3) is 0.176. The van der Waals surface area contributed by atoms with Gasteiger partial charge in [-0.05, 0) is 50.9 Å². The summed E-state index contributed by atoms with van der Waals surface area (Å²) in [5, 5.41) is 6.37. The van der Waals surface area contributed by atoms with Gasteiger partial charge in [-0.3, -0.25) is 0 Å². The molecular weight excluding hydrogens is 266 g/mol. The van der Waals surface area contributed by atoms with Gasteiger partial charge >= 0.3 is 0 Å². The van der Waals surface area contributed by atoms with Crippen molar-refractivity contribution in [1.29, 1.82) is 0 Å². The van der Waals surface area contributed by atoms with Gasteiger partial charge in [-0.1, -0.05) is 60.7 Å². The zero-order valence-electron chi connectivity index (χ0n) is 11.4. The van der Waals surface area contributed by atoms with Crippen LogP contribution in [0.4, 0.5) is 0 Å². The average molecular weight is 284 g/mol. The van der Waals surface area contributed by atoms with Gasteiger partial charge in [-0.15, -0.1) is 0 Å². The average Bonchev–Trinajstić information content (AvgIpc) is 2.77. The molecule has 0 saturated heterocycles. The molecule has 2 unspecified atom stereocenters. The smallest absolute Gasteiger partial charge is 0.00345 e. The van der Waals surface area contributed by atoms with E-state index in [0.717, 1.165) is 0 Å². The lowest BCUT2D eigenvalue weighted by molar-refractivity contribution is 1.55. The molecule has 3 rings (SSSR count). The summed E-state index contributed by atoms with van der Waals surface area (Å²) in [5.74, 6) is 1.34.